The molecule has 0 saturated carbocycles. The average molecular weight is 1020 g/mol. The van der Waals surface area contributed by atoms with E-state index in [2.05, 4.69) is 35.4 Å². The van der Waals surface area contributed by atoms with Crippen molar-refractivity contribution in [3.05, 3.63) is 99.4 Å². The Morgan fingerprint density at radius 1 is 1.00 bits per heavy atom. The molecule has 0 aliphatic carbocycles. The van der Waals surface area contributed by atoms with Crippen molar-refractivity contribution < 1.29 is 51.8 Å². The molecule has 20 heteroatoms. The number of carbonyl (C=O) groups is 5. The van der Waals surface area contributed by atoms with E-state index in [1.165, 1.54) is 0 Å². The Bertz CT molecular complexity index is 3310. The number of nitrogens with zero attached hydrogens (tertiary/aromatic N) is 4. The number of thiophene rings is 1. The predicted molar refractivity (Wildman–Crippen MR) is 269 cm³/mol. The smallest absolute Gasteiger partial charge is 0.349 e. The molecule has 6 aromatic rings. The highest BCUT2D eigenvalue weighted by Gasteiger charge is 2.44. The van der Waals surface area contributed by atoms with Crippen molar-refractivity contribution in [3.63, 3.8) is 0 Å². The molecular formula is C51H51ClN6O11S2. The molecule has 4 aromatic carbocycles. The molecule has 0 bridgehead atoms. The third kappa shape index (κ3) is 8.86. The number of anilines is 3. The number of benzene rings is 4. The quantitative estimate of drug-likeness (QED) is 0.0794. The van der Waals surface area contributed by atoms with Crippen molar-refractivity contribution in [1.29, 1.82) is 0 Å². The first kappa shape index (κ1) is 48.1. The van der Waals surface area contributed by atoms with Gasteiger partial charge in [0.2, 0.25) is 21.8 Å². The molecular weight excluding hydrogens is 972 g/mol. The van der Waals surface area contributed by atoms with E-state index in [4.69, 9.17) is 30.8 Å². The number of halogens is 1. The Balaban J connectivity index is 0.801. The summed E-state index contributed by atoms with van der Waals surface area (Å²) in [6.07, 6.45) is 3.01. The molecule has 17 nitrogen and oxygen atoms in total. The minimum absolute atomic E-state index is 0.00532. The molecule has 3 amide bonds. The fourth-order valence-corrected chi connectivity index (χ4v) is 14.6. The fourth-order valence-electron chi connectivity index (χ4n) is 11.3. The van der Waals surface area contributed by atoms with E-state index >= 15 is 0 Å². The number of imide groups is 1. The van der Waals surface area contributed by atoms with Crippen molar-refractivity contribution >= 4 is 102 Å². The second-order valence-corrected chi connectivity index (χ2v) is 22.9. The predicted octanol–water partition coefficient (Wildman–Crippen LogP) is 8.64. The number of nitrogens with one attached hydrogen (secondary N) is 2. The van der Waals surface area contributed by atoms with Crippen LogP contribution in [0.1, 0.15) is 103 Å². The highest BCUT2D eigenvalue weighted by molar-refractivity contribution is 7.88. The van der Waals surface area contributed by atoms with Gasteiger partial charge in [-0.3, -0.25) is 24.6 Å². The summed E-state index contributed by atoms with van der Waals surface area (Å²) in [5.41, 5.74) is 4.63. The number of fused-ring (bicyclic) bond motifs is 1. The van der Waals surface area contributed by atoms with Crippen LogP contribution in [-0.4, -0.2) is 100 Å². The number of aromatic carboxylic acids is 1. The summed E-state index contributed by atoms with van der Waals surface area (Å²) in [4.78, 5) is 70.5. The maximum Gasteiger partial charge on any atom is 0.349 e. The number of aromatic nitrogens is 1. The number of carbonyl (C=O) groups excluding carboxylic acids is 3. The number of amides is 3. The van der Waals surface area contributed by atoms with Crippen molar-refractivity contribution in [2.24, 2.45) is 0 Å². The normalized spacial score (nSPS) is 22.5. The number of ether oxygens (including phenoxy) is 1. The van der Waals surface area contributed by atoms with Gasteiger partial charge in [-0.1, -0.05) is 48.0 Å². The minimum atomic E-state index is -3.80. The Morgan fingerprint density at radius 2 is 1.76 bits per heavy atom. The van der Waals surface area contributed by atoms with E-state index in [9.17, 15) is 37.5 Å². The van der Waals surface area contributed by atoms with Crippen molar-refractivity contribution in [2.75, 3.05) is 28.3 Å². The molecule has 4 aliphatic rings. The number of aliphatic carboxylic acids is 1. The van der Waals surface area contributed by atoms with Crippen LogP contribution in [0, 0.1) is 0 Å². The lowest BCUT2D eigenvalue weighted by Crippen LogP contribution is -2.55. The molecule has 10 rings (SSSR count). The van der Waals surface area contributed by atoms with Crippen LogP contribution in [0.25, 0.3) is 32.3 Å². The van der Waals surface area contributed by atoms with Gasteiger partial charge in [0.15, 0.2) is 22.8 Å². The molecule has 0 spiro atoms. The molecule has 4 aliphatic heterocycles. The van der Waals surface area contributed by atoms with Gasteiger partial charge in [-0.25, -0.2) is 18.0 Å². The first-order chi connectivity index (χ1) is 33.8. The van der Waals surface area contributed by atoms with E-state index in [0.717, 1.165) is 46.2 Å². The maximum atomic E-state index is 14.2. The molecule has 0 radical (unpaired) electrons. The van der Waals surface area contributed by atoms with Crippen LogP contribution in [0.3, 0.4) is 0 Å². The van der Waals surface area contributed by atoms with E-state index in [-0.39, 0.29) is 76.6 Å². The average Bonchev–Trinajstić information content (AvgIpc) is 3.96. The van der Waals surface area contributed by atoms with Crippen LogP contribution in [0.4, 0.5) is 17.4 Å². The Morgan fingerprint density at radius 3 is 2.48 bits per heavy atom. The van der Waals surface area contributed by atoms with E-state index in [1.807, 2.05) is 44.2 Å². The van der Waals surface area contributed by atoms with Crippen LogP contribution in [0.2, 0.25) is 5.02 Å². The van der Waals surface area contributed by atoms with Gasteiger partial charge >= 0.3 is 11.9 Å². The SMILES string of the molecule is CC1CC(c2ccc3c4c(cccc24)C(=O)N3C2CCC(=O)NC2=O)CC(C)N1c1nc2cc(CS(=O)(=O)N3CCC(Nc4cccc(-c5sc(C(=O)O)c(OCC(=O)O)c5Cl)c4)CC3(C)C)ccc2o1. The number of hydrogen-bond donors (Lipinski definition) is 4. The number of carboxylic acid groups (broad SMARTS) is 2. The van der Waals surface area contributed by atoms with Crippen LogP contribution in [0.15, 0.2) is 77.2 Å². The van der Waals surface area contributed by atoms with Gasteiger partial charge < -0.3 is 29.6 Å². The molecule has 4 N–H and O–H groups in total. The van der Waals surface area contributed by atoms with Gasteiger partial charge in [-0.2, -0.15) is 9.29 Å². The summed E-state index contributed by atoms with van der Waals surface area (Å²) < 4.78 is 41.6. The first-order valence-electron chi connectivity index (χ1n) is 23.5. The molecule has 71 heavy (non-hydrogen) atoms. The number of oxazole rings is 1. The molecule has 370 valence electrons. The number of sulfonamides is 1. The van der Waals surface area contributed by atoms with Gasteiger partial charge in [0.05, 0.1) is 16.3 Å². The lowest BCUT2D eigenvalue weighted by atomic mass is 9.80. The Labute approximate surface area is 417 Å². The van der Waals surface area contributed by atoms with Crippen molar-refractivity contribution in [3.8, 4) is 16.2 Å². The minimum Gasteiger partial charge on any atom is -0.479 e. The largest absolute Gasteiger partial charge is 0.479 e. The van der Waals surface area contributed by atoms with Gasteiger partial charge in [0.25, 0.3) is 11.9 Å². The maximum absolute atomic E-state index is 14.2. The third-order valence-electron chi connectivity index (χ3n) is 14.2. The molecule has 6 heterocycles. The van der Waals surface area contributed by atoms with Crippen LogP contribution in [-0.2, 0) is 30.2 Å². The van der Waals surface area contributed by atoms with Crippen LogP contribution < -0.4 is 25.2 Å². The summed E-state index contributed by atoms with van der Waals surface area (Å²) in [7, 11) is -3.80. The lowest BCUT2D eigenvalue weighted by molar-refractivity contribution is -0.139. The number of piperidine rings is 3. The zero-order valence-corrected chi connectivity index (χ0v) is 41.6. The van der Waals surface area contributed by atoms with Gasteiger partial charge in [-0.15, -0.1) is 11.3 Å². The monoisotopic (exact) mass is 1020 g/mol. The molecule has 2 aromatic heterocycles. The van der Waals surface area contributed by atoms with E-state index in [0.29, 0.717) is 57.2 Å². The zero-order valence-electron chi connectivity index (χ0n) is 39.2. The standard InChI is InChI=1S/C51H51ClN6O11S2/c1-26-19-30(33-12-13-37-42-34(33)9-6-10-35(42)48(63)58(37)38-14-16-40(59)55-47(38)62)20-27(2)57(26)50-54-36-21-28(11-15-39(36)69-50)25-71(66,67)56-18-17-32(23-51(56,3)4)53-31-8-5-7-29(22-31)45-43(52)44(68-24-41(60)61)46(70-45)49(64)65/h5-13,15,21-22,26-27,30,32,38,53H,14,16-20,23-25H2,1-4H3,(H,60,61)(H,64,65)(H,55,59,62). The zero-order chi connectivity index (χ0) is 50.3. The third-order valence-corrected chi connectivity index (χ3v) is 17.9. The highest BCUT2D eigenvalue weighted by Crippen LogP contribution is 2.48. The van der Waals surface area contributed by atoms with E-state index in [1.54, 1.807) is 45.6 Å². The van der Waals surface area contributed by atoms with Crippen LogP contribution in [0.5, 0.6) is 5.75 Å². The summed E-state index contributed by atoms with van der Waals surface area (Å²) in [5, 5.41) is 26.6. The number of rotatable bonds is 13. The van der Waals surface area contributed by atoms with Gasteiger partial charge in [0, 0.05) is 53.3 Å². The summed E-state index contributed by atoms with van der Waals surface area (Å²) in [5.74, 6) is -3.87. The van der Waals surface area contributed by atoms with Crippen molar-refractivity contribution in [1.82, 2.24) is 14.6 Å². The molecule has 4 unspecified atom stereocenters. The Hall–Kier alpha value is -6.54. The topological polar surface area (TPSA) is 229 Å². The van der Waals surface area contributed by atoms with Crippen LogP contribution >= 0.6 is 22.9 Å². The highest BCUT2D eigenvalue weighted by atomic mass is 35.5. The second-order valence-electron chi connectivity index (χ2n) is 19.6. The molecule has 3 fully saturated rings. The van der Waals surface area contributed by atoms with E-state index < -0.39 is 46.1 Å². The molecule has 4 atom stereocenters. The van der Waals surface area contributed by atoms with Crippen molar-refractivity contribution in [2.45, 2.75) is 108 Å². The summed E-state index contributed by atoms with van der Waals surface area (Å²) in [6, 6.07) is 21.9. The van der Waals surface area contributed by atoms with Gasteiger partial charge in [-0.05, 0) is 124 Å². The van der Waals surface area contributed by atoms with Gasteiger partial charge in [0.1, 0.15) is 16.6 Å². The number of hydrogen-bond acceptors (Lipinski definition) is 13. The fraction of sp³-hybridized carbons (Fsp3) is 0.373. The first-order valence-corrected chi connectivity index (χ1v) is 26.3. The molecule has 3 saturated heterocycles. The summed E-state index contributed by atoms with van der Waals surface area (Å²) in [6.45, 7) is 7.63. The Kier molecular flexibility index (Phi) is 12.4. The summed E-state index contributed by atoms with van der Waals surface area (Å²) >= 11 is 7.44. The lowest BCUT2D eigenvalue weighted by Gasteiger charge is -2.45. The second kappa shape index (κ2) is 18.3. The number of carboxylic acids is 2.